The molecule has 1 aliphatic rings. The summed E-state index contributed by atoms with van der Waals surface area (Å²) in [6.07, 6.45) is 1.20. The molecule has 1 fully saturated rings. The van der Waals surface area contributed by atoms with E-state index in [0.717, 1.165) is 0 Å². The molecule has 0 aliphatic heterocycles. The van der Waals surface area contributed by atoms with Crippen LogP contribution in [0.15, 0.2) is 0 Å². The first-order chi connectivity index (χ1) is 8.34. The Bertz CT molecular complexity index is 305. The summed E-state index contributed by atoms with van der Waals surface area (Å²) in [6, 6.07) is 0. The zero-order chi connectivity index (χ0) is 13.8. The van der Waals surface area contributed by atoms with Crippen molar-refractivity contribution in [3.05, 3.63) is 0 Å². The van der Waals surface area contributed by atoms with Crippen molar-refractivity contribution in [1.82, 2.24) is 0 Å². The van der Waals surface area contributed by atoms with Crippen molar-refractivity contribution < 1.29 is 23.1 Å². The molecule has 5 heteroatoms. The van der Waals surface area contributed by atoms with Crippen molar-refractivity contribution in [2.75, 3.05) is 7.11 Å². The number of hydrogen-bond acceptors (Lipinski definition) is 3. The first-order valence-electron chi connectivity index (χ1n) is 6.29. The van der Waals surface area contributed by atoms with Crippen LogP contribution in [0.3, 0.4) is 0 Å². The van der Waals surface area contributed by atoms with Gasteiger partial charge in [-0.05, 0) is 32.1 Å². The SMILES string of the molecule is COC(=O)[C@@H](CC(C)=O)CC1CCC(F)(F)CC1. The Morgan fingerprint density at radius 2 is 1.89 bits per heavy atom. The molecule has 0 saturated heterocycles. The minimum absolute atomic E-state index is 0.0773. The second-order valence-corrected chi connectivity index (χ2v) is 5.16. The minimum atomic E-state index is -2.56. The molecule has 0 radical (unpaired) electrons. The number of Topliss-reactive ketones (excluding diaryl/α,β-unsaturated/α-hetero) is 1. The number of esters is 1. The lowest BCUT2D eigenvalue weighted by Crippen LogP contribution is -2.28. The smallest absolute Gasteiger partial charge is 0.309 e. The fourth-order valence-electron chi connectivity index (χ4n) is 2.51. The molecule has 0 aromatic heterocycles. The second kappa shape index (κ2) is 6.25. The highest BCUT2D eigenvalue weighted by Gasteiger charge is 2.36. The molecule has 0 heterocycles. The van der Waals surface area contributed by atoms with Gasteiger partial charge in [0.2, 0.25) is 5.92 Å². The van der Waals surface area contributed by atoms with Crippen LogP contribution < -0.4 is 0 Å². The number of carbonyl (C=O) groups excluding carboxylic acids is 2. The molecule has 0 unspecified atom stereocenters. The molecule has 0 amide bonds. The summed E-state index contributed by atoms with van der Waals surface area (Å²) >= 11 is 0. The average Bonchev–Trinajstić information content (AvgIpc) is 2.29. The number of ketones is 1. The van der Waals surface area contributed by atoms with Gasteiger partial charge in [-0.3, -0.25) is 4.79 Å². The summed E-state index contributed by atoms with van der Waals surface area (Å²) in [4.78, 5) is 22.6. The van der Waals surface area contributed by atoms with E-state index in [1.807, 2.05) is 0 Å². The largest absolute Gasteiger partial charge is 0.469 e. The lowest BCUT2D eigenvalue weighted by molar-refractivity contribution is -0.148. The summed E-state index contributed by atoms with van der Waals surface area (Å²) in [7, 11) is 1.28. The molecule has 1 rings (SSSR count). The van der Waals surface area contributed by atoms with Gasteiger partial charge in [0.25, 0.3) is 0 Å². The van der Waals surface area contributed by atoms with Crippen LogP contribution in [0, 0.1) is 11.8 Å². The molecule has 0 bridgehead atoms. The normalized spacial score (nSPS) is 21.3. The van der Waals surface area contributed by atoms with Gasteiger partial charge in [-0.15, -0.1) is 0 Å². The second-order valence-electron chi connectivity index (χ2n) is 5.16. The van der Waals surface area contributed by atoms with Crippen LogP contribution in [0.5, 0.6) is 0 Å². The van der Waals surface area contributed by atoms with Gasteiger partial charge in [-0.1, -0.05) is 0 Å². The van der Waals surface area contributed by atoms with Crippen molar-refractivity contribution in [2.45, 2.75) is 51.4 Å². The minimum Gasteiger partial charge on any atom is -0.469 e. The predicted octanol–water partition coefficient (Wildman–Crippen LogP) is 2.97. The van der Waals surface area contributed by atoms with Gasteiger partial charge in [0.15, 0.2) is 0 Å². The van der Waals surface area contributed by atoms with Gasteiger partial charge in [-0.25, -0.2) is 8.78 Å². The van der Waals surface area contributed by atoms with E-state index in [9.17, 15) is 18.4 Å². The number of ether oxygens (including phenoxy) is 1. The van der Waals surface area contributed by atoms with Crippen molar-refractivity contribution in [3.8, 4) is 0 Å². The average molecular weight is 262 g/mol. The highest BCUT2D eigenvalue weighted by atomic mass is 19.3. The summed E-state index contributed by atoms with van der Waals surface area (Å²) in [5.41, 5.74) is 0. The van der Waals surface area contributed by atoms with Crippen LogP contribution in [0.4, 0.5) is 8.78 Å². The maximum Gasteiger partial charge on any atom is 0.309 e. The van der Waals surface area contributed by atoms with E-state index >= 15 is 0 Å². The molecule has 104 valence electrons. The van der Waals surface area contributed by atoms with E-state index in [4.69, 9.17) is 0 Å². The van der Waals surface area contributed by atoms with E-state index in [-0.39, 0.29) is 31.0 Å². The highest BCUT2D eigenvalue weighted by molar-refractivity contribution is 5.82. The summed E-state index contributed by atoms with van der Waals surface area (Å²) in [5.74, 6) is -3.44. The van der Waals surface area contributed by atoms with Crippen LogP contribution in [0.25, 0.3) is 0 Å². The van der Waals surface area contributed by atoms with Crippen molar-refractivity contribution in [1.29, 1.82) is 0 Å². The third kappa shape index (κ3) is 4.70. The van der Waals surface area contributed by atoms with Crippen LogP contribution in [-0.2, 0) is 14.3 Å². The Morgan fingerprint density at radius 3 is 2.33 bits per heavy atom. The molecule has 3 nitrogen and oxygen atoms in total. The maximum atomic E-state index is 13.0. The van der Waals surface area contributed by atoms with E-state index in [1.165, 1.54) is 14.0 Å². The lowest BCUT2D eigenvalue weighted by Gasteiger charge is -2.29. The van der Waals surface area contributed by atoms with Crippen LogP contribution in [0.2, 0.25) is 0 Å². The molecule has 1 saturated carbocycles. The van der Waals surface area contributed by atoms with Crippen molar-refractivity contribution in [2.24, 2.45) is 11.8 Å². The fourth-order valence-corrected chi connectivity index (χ4v) is 2.51. The first kappa shape index (κ1) is 15.1. The standard InChI is InChI=1S/C13H20F2O3/c1-9(16)7-11(12(17)18-2)8-10-3-5-13(14,15)6-4-10/h10-11H,3-8H2,1-2H3/t11-/m0/s1. The molecule has 0 spiro atoms. The Kier molecular flexibility index (Phi) is 5.23. The molecule has 0 aromatic rings. The van der Waals surface area contributed by atoms with Gasteiger partial charge in [0, 0.05) is 19.3 Å². The quantitative estimate of drug-likeness (QED) is 0.715. The van der Waals surface area contributed by atoms with Gasteiger partial charge in [-0.2, -0.15) is 0 Å². The number of alkyl halides is 2. The van der Waals surface area contributed by atoms with Crippen molar-refractivity contribution >= 4 is 11.8 Å². The van der Waals surface area contributed by atoms with E-state index in [2.05, 4.69) is 4.74 Å². The van der Waals surface area contributed by atoms with E-state index in [0.29, 0.717) is 19.3 Å². The molecule has 18 heavy (non-hydrogen) atoms. The van der Waals surface area contributed by atoms with E-state index < -0.39 is 17.8 Å². The maximum absolute atomic E-state index is 13.0. The third-order valence-corrected chi connectivity index (χ3v) is 3.52. The molecule has 0 aromatic carbocycles. The summed E-state index contributed by atoms with van der Waals surface area (Å²) < 4.78 is 30.7. The third-order valence-electron chi connectivity index (χ3n) is 3.52. The molecular formula is C13H20F2O3. The van der Waals surface area contributed by atoms with Gasteiger partial charge in [0.05, 0.1) is 13.0 Å². The zero-order valence-electron chi connectivity index (χ0n) is 10.9. The van der Waals surface area contributed by atoms with E-state index in [1.54, 1.807) is 0 Å². The number of carbonyl (C=O) groups is 2. The lowest BCUT2D eigenvalue weighted by atomic mass is 9.80. The van der Waals surface area contributed by atoms with Crippen LogP contribution >= 0.6 is 0 Å². The van der Waals surface area contributed by atoms with Crippen LogP contribution in [0.1, 0.15) is 45.4 Å². The summed E-state index contributed by atoms with van der Waals surface area (Å²) in [5, 5.41) is 0. The summed E-state index contributed by atoms with van der Waals surface area (Å²) in [6.45, 7) is 1.42. The van der Waals surface area contributed by atoms with Crippen molar-refractivity contribution in [3.63, 3.8) is 0 Å². The number of rotatable bonds is 5. The molecular weight excluding hydrogens is 242 g/mol. The molecule has 1 aliphatic carbocycles. The van der Waals surface area contributed by atoms with Gasteiger partial charge >= 0.3 is 5.97 Å². The number of halogens is 2. The zero-order valence-corrected chi connectivity index (χ0v) is 10.9. The molecule has 1 atom stereocenters. The van der Waals surface area contributed by atoms with Gasteiger partial charge < -0.3 is 9.53 Å². The Morgan fingerprint density at radius 1 is 1.33 bits per heavy atom. The topological polar surface area (TPSA) is 43.4 Å². The predicted molar refractivity (Wildman–Crippen MR) is 62.3 cm³/mol. The Hall–Kier alpha value is -1.00. The monoisotopic (exact) mass is 262 g/mol. The fraction of sp³-hybridized carbons (Fsp3) is 0.846. The molecule has 0 N–H and O–H groups in total. The van der Waals surface area contributed by atoms with Crippen LogP contribution in [-0.4, -0.2) is 24.8 Å². The highest BCUT2D eigenvalue weighted by Crippen LogP contribution is 2.39. The number of methoxy groups -OCH3 is 1. The first-order valence-corrected chi connectivity index (χ1v) is 6.29. The Labute approximate surface area is 106 Å². The Balaban J connectivity index is 2.51. The van der Waals surface area contributed by atoms with Gasteiger partial charge in [0.1, 0.15) is 5.78 Å². The number of hydrogen-bond donors (Lipinski definition) is 0.